The Kier molecular flexibility index (Phi) is 9.23. The fraction of sp³-hybridized carbons (Fsp3) is 0.268. The van der Waals surface area contributed by atoms with Crippen LogP contribution in [-0.2, 0) is 24.6 Å². The summed E-state index contributed by atoms with van der Waals surface area (Å²) >= 11 is 16.2. The molecule has 4 amide bonds. The highest BCUT2D eigenvalue weighted by Crippen LogP contribution is 2.64. The molecule has 6 atom stereocenters. The summed E-state index contributed by atoms with van der Waals surface area (Å²) < 4.78 is 12.1. The van der Waals surface area contributed by atoms with E-state index in [0.717, 1.165) is 15.1 Å². The third-order valence-corrected chi connectivity index (χ3v) is 12.4. The van der Waals surface area contributed by atoms with Gasteiger partial charge in [0.25, 0.3) is 11.8 Å². The molecule has 0 spiro atoms. The van der Waals surface area contributed by atoms with Crippen molar-refractivity contribution in [2.75, 3.05) is 24.0 Å². The molecule has 0 bridgehead atoms. The number of hydrogen-bond acceptors (Lipinski definition) is 8. The van der Waals surface area contributed by atoms with Gasteiger partial charge >= 0.3 is 0 Å². The Labute approximate surface area is 329 Å². The topological polar surface area (TPSA) is 125 Å². The van der Waals surface area contributed by atoms with Gasteiger partial charge in [-0.3, -0.25) is 29.5 Å². The monoisotopic (exact) mass is 829 g/mol. The lowest BCUT2D eigenvalue weighted by Crippen LogP contribution is -2.53. The molecule has 2 N–H and O–H groups in total. The van der Waals surface area contributed by atoms with Crippen LogP contribution < -0.4 is 19.8 Å². The highest BCUT2D eigenvalue weighted by molar-refractivity contribution is 9.10. The normalized spacial score (nSPS) is 25.9. The van der Waals surface area contributed by atoms with E-state index in [-0.39, 0.29) is 47.8 Å². The number of allylic oxidation sites excluding steroid dienone is 2. The summed E-state index contributed by atoms with van der Waals surface area (Å²) in [4.78, 5) is 60.3. The highest BCUT2D eigenvalue weighted by atomic mass is 79.9. The van der Waals surface area contributed by atoms with Crippen molar-refractivity contribution >= 4 is 74.1 Å². The molecule has 1 saturated carbocycles. The van der Waals surface area contributed by atoms with Crippen LogP contribution in [0.1, 0.15) is 36.8 Å². The van der Waals surface area contributed by atoms with E-state index in [1.807, 2.05) is 6.08 Å². The number of aromatic hydroxyl groups is 1. The molecular weight excluding hydrogens is 797 g/mol. The highest BCUT2D eigenvalue weighted by Gasteiger charge is 2.70. The maximum Gasteiger partial charge on any atom is 0.260 e. The van der Waals surface area contributed by atoms with Crippen LogP contribution in [0.25, 0.3) is 0 Å². The Bertz CT molecular complexity index is 2250. The molecule has 10 nitrogen and oxygen atoms in total. The van der Waals surface area contributed by atoms with Crippen LogP contribution in [0.4, 0.5) is 11.4 Å². The molecule has 4 aromatic carbocycles. The second-order valence-corrected chi connectivity index (χ2v) is 15.6. The van der Waals surface area contributed by atoms with Crippen LogP contribution in [0.2, 0.25) is 10.0 Å². The molecule has 2 heterocycles. The van der Waals surface area contributed by atoms with E-state index in [1.165, 1.54) is 17.0 Å². The minimum Gasteiger partial charge on any atom is -0.504 e. The quantitative estimate of drug-likeness (QED) is 0.135. The van der Waals surface area contributed by atoms with Crippen molar-refractivity contribution in [1.82, 2.24) is 5.01 Å². The van der Waals surface area contributed by atoms with Gasteiger partial charge in [-0.15, -0.1) is 0 Å². The maximum atomic E-state index is 15.5. The summed E-state index contributed by atoms with van der Waals surface area (Å²) in [6, 6.07) is 23.7. The van der Waals surface area contributed by atoms with Gasteiger partial charge in [-0.1, -0.05) is 69.0 Å². The third-order valence-electron chi connectivity index (χ3n) is 11.3. The number of halogens is 3. The summed E-state index contributed by atoms with van der Waals surface area (Å²) in [5.41, 5.74) is 4.13. The van der Waals surface area contributed by atoms with Crippen LogP contribution in [0, 0.1) is 23.7 Å². The number of fused-ring (bicyclic) bond motifs is 4. The van der Waals surface area contributed by atoms with Gasteiger partial charge in [0.15, 0.2) is 11.5 Å². The standard InChI is InChI=1S/C41H34BrCl2N3O7/c1-3-54-34-18-21(4-17-33(34)48)36-27-14-15-28-35(39(51)46(37(28)49)25-10-7-23(42)8-11-25)29(27)20-30-38(50)47(45-32-16-9-24(43)19-31(32)44)40(52)41(30,36)22-5-12-26(53-2)13-6-22/h4-14,16-19,28-30,35-36,45,48H,3,15,20H2,1-2H3. The number of ether oxygens (including phenoxy) is 2. The summed E-state index contributed by atoms with van der Waals surface area (Å²) in [6.07, 6.45) is 2.34. The van der Waals surface area contributed by atoms with Crippen LogP contribution in [0.3, 0.4) is 0 Å². The van der Waals surface area contributed by atoms with Crippen molar-refractivity contribution in [2.45, 2.75) is 31.1 Å². The van der Waals surface area contributed by atoms with E-state index in [2.05, 4.69) is 21.4 Å². The molecule has 4 aromatic rings. The first-order valence-corrected chi connectivity index (χ1v) is 19.1. The van der Waals surface area contributed by atoms with E-state index < -0.39 is 46.8 Å². The predicted molar refractivity (Wildman–Crippen MR) is 207 cm³/mol. The molecule has 2 aliphatic carbocycles. The Balaban J connectivity index is 1.34. The minimum atomic E-state index is -1.55. The molecule has 13 heteroatoms. The molecule has 3 fully saturated rings. The molecule has 2 aliphatic heterocycles. The maximum absolute atomic E-state index is 15.5. The number of benzene rings is 4. The Hall–Kier alpha value is -4.84. The predicted octanol–water partition coefficient (Wildman–Crippen LogP) is 8.06. The van der Waals surface area contributed by atoms with Crippen LogP contribution in [-0.4, -0.2) is 47.5 Å². The number of phenolic OH excluding ortho intramolecular Hbond substituents is 1. The third kappa shape index (κ3) is 5.50. The van der Waals surface area contributed by atoms with E-state index in [9.17, 15) is 19.5 Å². The van der Waals surface area contributed by atoms with Gasteiger partial charge in [-0.25, -0.2) is 0 Å². The Morgan fingerprint density at radius 1 is 0.907 bits per heavy atom. The summed E-state index contributed by atoms with van der Waals surface area (Å²) in [5.74, 6) is -4.87. The second-order valence-electron chi connectivity index (χ2n) is 13.9. The van der Waals surface area contributed by atoms with Gasteiger partial charge in [-0.2, -0.15) is 5.01 Å². The molecule has 0 aromatic heterocycles. The van der Waals surface area contributed by atoms with Gasteiger partial charge in [0.2, 0.25) is 11.8 Å². The zero-order chi connectivity index (χ0) is 38.1. The zero-order valence-corrected chi connectivity index (χ0v) is 32.2. The number of nitrogens with one attached hydrogen (secondary N) is 1. The summed E-state index contributed by atoms with van der Waals surface area (Å²) in [7, 11) is 1.54. The summed E-state index contributed by atoms with van der Waals surface area (Å²) in [6.45, 7) is 2.06. The number of nitrogens with zero attached hydrogens (tertiary/aromatic N) is 2. The number of rotatable bonds is 8. The van der Waals surface area contributed by atoms with Crippen molar-refractivity contribution in [3.63, 3.8) is 0 Å². The van der Waals surface area contributed by atoms with Crippen LogP contribution in [0.5, 0.6) is 17.2 Å². The first kappa shape index (κ1) is 36.2. The minimum absolute atomic E-state index is 0.0862. The molecule has 6 unspecified atom stereocenters. The van der Waals surface area contributed by atoms with Gasteiger partial charge < -0.3 is 14.6 Å². The van der Waals surface area contributed by atoms with Gasteiger partial charge in [0.05, 0.1) is 53.3 Å². The lowest BCUT2D eigenvalue weighted by atomic mass is 9.49. The molecule has 4 aliphatic rings. The number of imide groups is 2. The Morgan fingerprint density at radius 2 is 1.65 bits per heavy atom. The fourth-order valence-electron chi connectivity index (χ4n) is 9.04. The van der Waals surface area contributed by atoms with Gasteiger partial charge in [0, 0.05) is 15.4 Å². The van der Waals surface area contributed by atoms with Crippen molar-refractivity contribution in [1.29, 1.82) is 0 Å². The first-order valence-electron chi connectivity index (χ1n) is 17.5. The van der Waals surface area contributed by atoms with Gasteiger partial charge in [-0.05, 0) is 104 Å². The van der Waals surface area contributed by atoms with Crippen molar-refractivity contribution in [3.05, 3.63) is 122 Å². The SMILES string of the molecule is CCOc1cc(C2C3=CCC4C(=O)N(c5ccc(Br)cc5)C(=O)C4C3CC3C(=O)N(Nc4ccc(Cl)cc4Cl)C(=O)C32c2ccc(OC)cc2)ccc1O. The van der Waals surface area contributed by atoms with Crippen molar-refractivity contribution < 1.29 is 33.8 Å². The molecule has 8 rings (SSSR count). The number of carbonyl (C=O) groups is 4. The lowest BCUT2D eigenvalue weighted by Gasteiger charge is -2.50. The first-order chi connectivity index (χ1) is 26.0. The fourth-order valence-corrected chi connectivity index (χ4v) is 9.76. The van der Waals surface area contributed by atoms with E-state index in [1.54, 1.807) is 86.8 Å². The number of hydrogen-bond donors (Lipinski definition) is 2. The Morgan fingerprint density at radius 3 is 2.33 bits per heavy atom. The number of phenols is 1. The van der Waals surface area contributed by atoms with Crippen LogP contribution in [0.15, 0.2) is 101 Å². The number of amides is 4. The van der Waals surface area contributed by atoms with Gasteiger partial charge in [0.1, 0.15) is 5.75 Å². The van der Waals surface area contributed by atoms with E-state index in [0.29, 0.717) is 33.3 Å². The van der Waals surface area contributed by atoms with E-state index >= 15 is 4.79 Å². The molecule has 54 heavy (non-hydrogen) atoms. The molecule has 276 valence electrons. The van der Waals surface area contributed by atoms with Crippen molar-refractivity contribution in [2.24, 2.45) is 23.7 Å². The number of carbonyl (C=O) groups excluding carboxylic acids is 4. The largest absolute Gasteiger partial charge is 0.504 e. The second kappa shape index (κ2) is 13.8. The number of methoxy groups -OCH3 is 1. The average molecular weight is 832 g/mol. The molecule has 0 radical (unpaired) electrons. The smallest absolute Gasteiger partial charge is 0.260 e. The molecule has 2 saturated heterocycles. The number of anilines is 2. The van der Waals surface area contributed by atoms with Crippen LogP contribution >= 0.6 is 39.1 Å². The molecular formula is C41H34BrCl2N3O7. The lowest BCUT2D eigenvalue weighted by molar-refractivity contribution is -0.138. The summed E-state index contributed by atoms with van der Waals surface area (Å²) in [5, 5.41) is 12.4. The zero-order valence-electron chi connectivity index (χ0n) is 29.1. The average Bonchev–Trinajstić information content (AvgIpc) is 3.54. The van der Waals surface area contributed by atoms with Crippen molar-refractivity contribution in [3.8, 4) is 17.2 Å². The van der Waals surface area contributed by atoms with E-state index in [4.69, 9.17) is 32.7 Å². The number of hydrazine groups is 1.